The standard InChI is InChI=1S/C19H17FN4O/c20-15-8-7-13(18-14(15)4-3-9-21-18)12-24-17-6-2-1-5-16(17)23-19(24)22-10-11-25/h1-9,25H,10-12H2,(H,22,23). The third kappa shape index (κ3) is 2.81. The zero-order chi connectivity index (χ0) is 17.2. The van der Waals surface area contributed by atoms with Gasteiger partial charge in [-0.2, -0.15) is 0 Å². The number of hydrogen-bond acceptors (Lipinski definition) is 4. The van der Waals surface area contributed by atoms with Crippen LogP contribution in [-0.2, 0) is 6.54 Å². The zero-order valence-electron chi connectivity index (χ0n) is 13.5. The fraction of sp³-hybridized carbons (Fsp3) is 0.158. The lowest BCUT2D eigenvalue weighted by Gasteiger charge is -2.12. The minimum absolute atomic E-state index is 0.0181. The number of para-hydroxylation sites is 2. The Labute approximate surface area is 143 Å². The average molecular weight is 336 g/mol. The van der Waals surface area contributed by atoms with Crippen molar-refractivity contribution in [2.75, 3.05) is 18.5 Å². The number of aromatic nitrogens is 3. The van der Waals surface area contributed by atoms with Crippen LogP contribution in [0.2, 0.25) is 0 Å². The second-order valence-electron chi connectivity index (χ2n) is 5.77. The molecule has 0 unspecified atom stereocenters. The summed E-state index contributed by atoms with van der Waals surface area (Å²) in [6.07, 6.45) is 1.67. The van der Waals surface area contributed by atoms with Crippen LogP contribution in [0.1, 0.15) is 5.56 Å². The lowest BCUT2D eigenvalue weighted by Crippen LogP contribution is -2.12. The van der Waals surface area contributed by atoms with E-state index in [-0.39, 0.29) is 12.4 Å². The summed E-state index contributed by atoms with van der Waals surface area (Å²) in [6.45, 7) is 0.929. The number of rotatable bonds is 5. The quantitative estimate of drug-likeness (QED) is 0.588. The molecule has 0 bridgehead atoms. The van der Waals surface area contributed by atoms with Crippen LogP contribution in [0.5, 0.6) is 0 Å². The number of imidazole rings is 1. The van der Waals surface area contributed by atoms with Gasteiger partial charge in [0.15, 0.2) is 0 Å². The van der Waals surface area contributed by atoms with Crippen molar-refractivity contribution in [3.05, 3.63) is 66.1 Å². The summed E-state index contributed by atoms with van der Waals surface area (Å²) in [4.78, 5) is 8.95. The van der Waals surface area contributed by atoms with Crippen molar-refractivity contribution in [1.82, 2.24) is 14.5 Å². The van der Waals surface area contributed by atoms with Gasteiger partial charge >= 0.3 is 0 Å². The minimum atomic E-state index is -0.277. The van der Waals surface area contributed by atoms with Crippen molar-refractivity contribution < 1.29 is 9.50 Å². The Balaban J connectivity index is 1.84. The van der Waals surface area contributed by atoms with Gasteiger partial charge in [0, 0.05) is 18.1 Å². The van der Waals surface area contributed by atoms with Gasteiger partial charge in [0.1, 0.15) is 5.82 Å². The Morgan fingerprint density at radius 2 is 1.96 bits per heavy atom. The highest BCUT2D eigenvalue weighted by Crippen LogP contribution is 2.25. The number of fused-ring (bicyclic) bond motifs is 2. The molecule has 0 spiro atoms. The van der Waals surface area contributed by atoms with Crippen LogP contribution < -0.4 is 5.32 Å². The van der Waals surface area contributed by atoms with E-state index in [1.54, 1.807) is 24.4 Å². The molecular formula is C19H17FN4O. The van der Waals surface area contributed by atoms with Crippen molar-refractivity contribution in [2.24, 2.45) is 0 Å². The second kappa shape index (κ2) is 6.49. The van der Waals surface area contributed by atoms with Gasteiger partial charge in [0.25, 0.3) is 0 Å². The van der Waals surface area contributed by atoms with Gasteiger partial charge in [-0.15, -0.1) is 0 Å². The molecule has 0 radical (unpaired) electrons. The molecule has 4 rings (SSSR count). The topological polar surface area (TPSA) is 63.0 Å². The first-order valence-electron chi connectivity index (χ1n) is 8.10. The summed E-state index contributed by atoms with van der Waals surface area (Å²) >= 11 is 0. The van der Waals surface area contributed by atoms with Crippen molar-refractivity contribution in [3.8, 4) is 0 Å². The zero-order valence-corrected chi connectivity index (χ0v) is 13.5. The first-order valence-corrected chi connectivity index (χ1v) is 8.10. The maximum atomic E-state index is 14.0. The molecule has 2 N–H and O–H groups in total. The van der Waals surface area contributed by atoms with E-state index in [0.717, 1.165) is 16.6 Å². The first-order chi connectivity index (χ1) is 12.3. The molecule has 4 aromatic rings. The molecule has 6 heteroatoms. The summed E-state index contributed by atoms with van der Waals surface area (Å²) in [7, 11) is 0. The normalized spacial score (nSPS) is 11.3. The first kappa shape index (κ1) is 15.5. The fourth-order valence-electron chi connectivity index (χ4n) is 3.03. The highest BCUT2D eigenvalue weighted by Gasteiger charge is 2.13. The van der Waals surface area contributed by atoms with E-state index in [9.17, 15) is 4.39 Å². The SMILES string of the molecule is OCCNc1nc2ccccc2n1Cc1ccc(F)c2cccnc12. The molecule has 0 aliphatic rings. The van der Waals surface area contributed by atoms with Crippen LogP contribution in [0.15, 0.2) is 54.7 Å². The monoisotopic (exact) mass is 336 g/mol. The van der Waals surface area contributed by atoms with E-state index in [1.807, 2.05) is 28.8 Å². The van der Waals surface area contributed by atoms with E-state index >= 15 is 0 Å². The molecular weight excluding hydrogens is 319 g/mol. The van der Waals surface area contributed by atoms with Gasteiger partial charge in [-0.3, -0.25) is 4.98 Å². The Morgan fingerprint density at radius 1 is 1.08 bits per heavy atom. The predicted octanol–water partition coefficient (Wildman–Crippen LogP) is 3.18. The van der Waals surface area contributed by atoms with E-state index in [2.05, 4.69) is 15.3 Å². The van der Waals surface area contributed by atoms with Crippen LogP contribution >= 0.6 is 0 Å². The molecule has 0 aliphatic carbocycles. The molecule has 0 amide bonds. The van der Waals surface area contributed by atoms with E-state index < -0.39 is 0 Å². The van der Waals surface area contributed by atoms with Crippen molar-refractivity contribution in [1.29, 1.82) is 0 Å². The highest BCUT2D eigenvalue weighted by atomic mass is 19.1. The number of nitrogens with zero attached hydrogens (tertiary/aromatic N) is 3. The molecule has 0 atom stereocenters. The van der Waals surface area contributed by atoms with Gasteiger partial charge in [0.05, 0.1) is 29.7 Å². The number of anilines is 1. The molecule has 0 saturated heterocycles. The third-order valence-corrected chi connectivity index (χ3v) is 4.18. The van der Waals surface area contributed by atoms with Crippen LogP contribution in [0.4, 0.5) is 10.3 Å². The van der Waals surface area contributed by atoms with Crippen LogP contribution in [0, 0.1) is 5.82 Å². The number of hydrogen-bond donors (Lipinski definition) is 2. The largest absolute Gasteiger partial charge is 0.395 e. The summed E-state index contributed by atoms with van der Waals surface area (Å²) in [5, 5.41) is 12.8. The lowest BCUT2D eigenvalue weighted by molar-refractivity contribution is 0.310. The van der Waals surface area contributed by atoms with Gasteiger partial charge < -0.3 is 15.0 Å². The summed E-state index contributed by atoms with van der Waals surface area (Å²) in [5.74, 6) is 0.393. The molecule has 2 aromatic heterocycles. The average Bonchev–Trinajstić information content (AvgIpc) is 3.00. The van der Waals surface area contributed by atoms with Crippen LogP contribution in [-0.4, -0.2) is 32.8 Å². The van der Waals surface area contributed by atoms with Gasteiger partial charge in [-0.1, -0.05) is 18.2 Å². The smallest absolute Gasteiger partial charge is 0.204 e. The van der Waals surface area contributed by atoms with E-state index in [4.69, 9.17) is 5.11 Å². The Kier molecular flexibility index (Phi) is 4.03. The van der Waals surface area contributed by atoms with Crippen molar-refractivity contribution in [2.45, 2.75) is 6.54 Å². The van der Waals surface area contributed by atoms with E-state index in [0.29, 0.717) is 29.9 Å². The Bertz CT molecular complexity index is 1040. The summed E-state index contributed by atoms with van der Waals surface area (Å²) < 4.78 is 16.1. The summed E-state index contributed by atoms with van der Waals surface area (Å²) in [5.41, 5.74) is 3.39. The molecule has 25 heavy (non-hydrogen) atoms. The minimum Gasteiger partial charge on any atom is -0.395 e. The van der Waals surface area contributed by atoms with Gasteiger partial charge in [0.2, 0.25) is 5.95 Å². The number of aliphatic hydroxyl groups excluding tert-OH is 1. The Hall–Kier alpha value is -2.99. The lowest BCUT2D eigenvalue weighted by atomic mass is 10.1. The molecule has 0 aliphatic heterocycles. The second-order valence-corrected chi connectivity index (χ2v) is 5.77. The number of aliphatic hydroxyl groups is 1. The fourth-order valence-corrected chi connectivity index (χ4v) is 3.03. The van der Waals surface area contributed by atoms with Gasteiger partial charge in [-0.25, -0.2) is 9.37 Å². The predicted molar refractivity (Wildman–Crippen MR) is 96.1 cm³/mol. The number of nitrogens with one attached hydrogen (secondary N) is 1. The maximum absolute atomic E-state index is 14.0. The van der Waals surface area contributed by atoms with Crippen molar-refractivity contribution in [3.63, 3.8) is 0 Å². The maximum Gasteiger partial charge on any atom is 0.204 e. The molecule has 0 fully saturated rings. The molecule has 2 aromatic carbocycles. The molecule has 0 saturated carbocycles. The Morgan fingerprint density at radius 3 is 2.84 bits per heavy atom. The molecule has 126 valence electrons. The number of pyridine rings is 1. The number of benzene rings is 2. The highest BCUT2D eigenvalue weighted by molar-refractivity contribution is 5.83. The van der Waals surface area contributed by atoms with E-state index in [1.165, 1.54) is 6.07 Å². The number of halogens is 1. The van der Waals surface area contributed by atoms with Crippen molar-refractivity contribution >= 4 is 27.9 Å². The van der Waals surface area contributed by atoms with Crippen LogP contribution in [0.3, 0.4) is 0 Å². The summed E-state index contributed by atoms with van der Waals surface area (Å²) in [6, 6.07) is 14.5. The van der Waals surface area contributed by atoms with Gasteiger partial charge in [-0.05, 0) is 35.9 Å². The molecule has 2 heterocycles. The third-order valence-electron chi connectivity index (χ3n) is 4.18. The molecule has 5 nitrogen and oxygen atoms in total. The van der Waals surface area contributed by atoms with Crippen LogP contribution in [0.25, 0.3) is 21.9 Å².